The fraction of sp³-hybridized carbons (Fsp3) is 0.455. The zero-order valence-electron chi connectivity index (χ0n) is 7.52. The molecule has 0 aliphatic carbocycles. The van der Waals surface area contributed by atoms with Gasteiger partial charge in [0.05, 0.1) is 0 Å². The quantitative estimate of drug-likeness (QED) is 0.602. The fourth-order valence-corrected chi connectivity index (χ4v) is 1.08. The van der Waals surface area contributed by atoms with Crippen molar-refractivity contribution in [3.8, 4) is 0 Å². The topological polar surface area (TPSA) is 0 Å². The lowest BCUT2D eigenvalue weighted by molar-refractivity contribution is 0.860. The van der Waals surface area contributed by atoms with E-state index in [9.17, 15) is 0 Å². The van der Waals surface area contributed by atoms with Gasteiger partial charge in [-0.3, -0.25) is 0 Å². The Labute approximate surface area is 69.3 Å². The molecule has 0 heteroatoms. The summed E-state index contributed by atoms with van der Waals surface area (Å²) < 4.78 is 0. The lowest BCUT2D eigenvalue weighted by Gasteiger charge is -2.05. The molecule has 59 valence electrons. The van der Waals surface area contributed by atoms with E-state index in [0.717, 1.165) is 6.42 Å². The summed E-state index contributed by atoms with van der Waals surface area (Å²) in [5.74, 6) is 0.599. The summed E-state index contributed by atoms with van der Waals surface area (Å²) in [7, 11) is 0. The molecular weight excluding hydrogens is 132 g/mol. The first-order chi connectivity index (χ1) is 5.24. The van der Waals surface area contributed by atoms with Crippen molar-refractivity contribution in [2.24, 2.45) is 0 Å². The van der Waals surface area contributed by atoms with Crippen molar-refractivity contribution in [1.82, 2.24) is 0 Å². The van der Waals surface area contributed by atoms with E-state index >= 15 is 0 Å². The average molecular weight is 147 g/mol. The minimum atomic E-state index is 0.599. The minimum Gasteiger partial charge on any atom is -0.0617 e. The summed E-state index contributed by atoms with van der Waals surface area (Å²) in [4.78, 5) is 0. The molecule has 0 bridgehead atoms. The van der Waals surface area contributed by atoms with E-state index in [1.54, 1.807) is 0 Å². The Bertz CT molecular complexity index is 223. The molecule has 0 fully saturated rings. The normalized spacial score (nSPS) is 10.5. The molecule has 0 heterocycles. The predicted octanol–water partition coefficient (Wildman–Crippen LogP) is 3.17. The Balaban J connectivity index is 2.91. The lowest BCUT2D eigenvalue weighted by Crippen LogP contribution is -1.89. The minimum absolute atomic E-state index is 0.599. The molecule has 1 aromatic rings. The van der Waals surface area contributed by atoms with Crippen molar-refractivity contribution in [3.63, 3.8) is 0 Å². The first-order valence-electron chi connectivity index (χ1n) is 4.25. The number of rotatable bonds is 2. The highest BCUT2D eigenvalue weighted by atomic mass is 14.0. The van der Waals surface area contributed by atoms with Crippen LogP contribution in [0.3, 0.4) is 0 Å². The van der Waals surface area contributed by atoms with Crippen LogP contribution in [0.5, 0.6) is 0 Å². The Kier molecular flexibility index (Phi) is 2.70. The van der Waals surface area contributed by atoms with Gasteiger partial charge in [-0.25, -0.2) is 0 Å². The fourth-order valence-electron chi connectivity index (χ4n) is 1.08. The van der Waals surface area contributed by atoms with Gasteiger partial charge in [-0.1, -0.05) is 39.0 Å². The van der Waals surface area contributed by atoms with Crippen molar-refractivity contribution in [3.05, 3.63) is 35.4 Å². The molecule has 0 aromatic heterocycles. The van der Waals surface area contributed by atoms with E-state index in [2.05, 4.69) is 45.0 Å². The van der Waals surface area contributed by atoms with Gasteiger partial charge in [-0.15, -0.1) is 0 Å². The van der Waals surface area contributed by atoms with Crippen molar-refractivity contribution >= 4 is 0 Å². The molecule has 11 heavy (non-hydrogen) atoms. The van der Waals surface area contributed by atoms with Crippen LogP contribution in [0.15, 0.2) is 18.2 Å². The SMILES string of the molecule is CCc1[c]c(C(C)C)ccc1. The van der Waals surface area contributed by atoms with Crippen LogP contribution >= 0.6 is 0 Å². The zero-order valence-corrected chi connectivity index (χ0v) is 7.52. The summed E-state index contributed by atoms with van der Waals surface area (Å²) in [5.41, 5.74) is 2.64. The highest BCUT2D eigenvalue weighted by Crippen LogP contribution is 2.14. The van der Waals surface area contributed by atoms with Crippen LogP contribution in [0.25, 0.3) is 0 Å². The number of benzene rings is 1. The molecular formula is C11H15. The molecule has 1 radical (unpaired) electrons. The van der Waals surface area contributed by atoms with E-state index in [1.165, 1.54) is 11.1 Å². The molecule has 0 N–H and O–H groups in total. The van der Waals surface area contributed by atoms with Crippen molar-refractivity contribution in [2.45, 2.75) is 33.1 Å². The number of hydrogen-bond acceptors (Lipinski definition) is 0. The van der Waals surface area contributed by atoms with Crippen LogP contribution in [-0.2, 0) is 6.42 Å². The molecule has 0 aliphatic heterocycles. The summed E-state index contributed by atoms with van der Waals surface area (Å²) in [6, 6.07) is 9.78. The first kappa shape index (κ1) is 8.32. The average Bonchev–Trinajstić information content (AvgIpc) is 2.05. The molecule has 0 saturated heterocycles. The molecule has 0 aliphatic rings. The van der Waals surface area contributed by atoms with Gasteiger partial charge in [0.1, 0.15) is 0 Å². The van der Waals surface area contributed by atoms with Crippen LogP contribution in [0.4, 0.5) is 0 Å². The van der Waals surface area contributed by atoms with E-state index in [0.29, 0.717) is 5.92 Å². The molecule has 0 nitrogen and oxygen atoms in total. The van der Waals surface area contributed by atoms with Gasteiger partial charge in [0, 0.05) is 0 Å². The van der Waals surface area contributed by atoms with E-state index in [4.69, 9.17) is 0 Å². The van der Waals surface area contributed by atoms with Crippen LogP contribution in [0, 0.1) is 6.07 Å². The van der Waals surface area contributed by atoms with Crippen LogP contribution in [-0.4, -0.2) is 0 Å². The lowest BCUT2D eigenvalue weighted by atomic mass is 10.0. The second-order valence-corrected chi connectivity index (χ2v) is 3.14. The van der Waals surface area contributed by atoms with Gasteiger partial charge in [0.25, 0.3) is 0 Å². The van der Waals surface area contributed by atoms with Gasteiger partial charge < -0.3 is 0 Å². The summed E-state index contributed by atoms with van der Waals surface area (Å²) >= 11 is 0. The smallest absolute Gasteiger partial charge is 0.0112 e. The predicted molar refractivity (Wildman–Crippen MR) is 48.7 cm³/mol. The third-order valence-corrected chi connectivity index (χ3v) is 1.88. The van der Waals surface area contributed by atoms with Crippen molar-refractivity contribution in [1.29, 1.82) is 0 Å². The third kappa shape index (κ3) is 2.07. The second kappa shape index (κ2) is 3.56. The van der Waals surface area contributed by atoms with Crippen molar-refractivity contribution in [2.75, 3.05) is 0 Å². The maximum Gasteiger partial charge on any atom is -0.0112 e. The maximum atomic E-state index is 3.39. The number of aryl methyl sites for hydroxylation is 1. The molecule has 0 unspecified atom stereocenters. The standard InChI is InChI=1S/C11H15/c1-4-10-6-5-7-11(8-10)9(2)3/h5-7,9H,4H2,1-3H3. The van der Waals surface area contributed by atoms with Gasteiger partial charge >= 0.3 is 0 Å². The Morgan fingerprint density at radius 1 is 1.36 bits per heavy atom. The highest BCUT2D eigenvalue weighted by Gasteiger charge is 1.98. The Morgan fingerprint density at radius 3 is 2.64 bits per heavy atom. The molecule has 0 amide bonds. The van der Waals surface area contributed by atoms with Gasteiger partial charge in [-0.2, -0.15) is 0 Å². The zero-order chi connectivity index (χ0) is 8.27. The van der Waals surface area contributed by atoms with E-state index in [-0.39, 0.29) is 0 Å². The van der Waals surface area contributed by atoms with E-state index in [1.807, 2.05) is 0 Å². The second-order valence-electron chi connectivity index (χ2n) is 3.14. The molecule has 0 atom stereocenters. The summed E-state index contributed by atoms with van der Waals surface area (Å²) in [5, 5.41) is 0. The third-order valence-electron chi connectivity index (χ3n) is 1.88. The monoisotopic (exact) mass is 147 g/mol. The highest BCUT2D eigenvalue weighted by molar-refractivity contribution is 5.23. The molecule has 0 saturated carbocycles. The Hall–Kier alpha value is -0.780. The molecule has 0 spiro atoms. The Morgan fingerprint density at radius 2 is 2.09 bits per heavy atom. The van der Waals surface area contributed by atoms with Gasteiger partial charge in [0.2, 0.25) is 0 Å². The summed E-state index contributed by atoms with van der Waals surface area (Å²) in [6.45, 7) is 6.56. The van der Waals surface area contributed by atoms with Crippen LogP contribution in [0.1, 0.15) is 37.8 Å². The van der Waals surface area contributed by atoms with E-state index < -0.39 is 0 Å². The number of hydrogen-bond donors (Lipinski definition) is 0. The maximum absolute atomic E-state index is 3.39. The van der Waals surface area contributed by atoms with Crippen LogP contribution in [0.2, 0.25) is 0 Å². The van der Waals surface area contributed by atoms with Gasteiger partial charge in [0.15, 0.2) is 0 Å². The largest absolute Gasteiger partial charge is 0.0617 e. The van der Waals surface area contributed by atoms with Crippen molar-refractivity contribution < 1.29 is 0 Å². The van der Waals surface area contributed by atoms with Crippen LogP contribution < -0.4 is 0 Å². The molecule has 1 rings (SSSR count). The first-order valence-corrected chi connectivity index (χ1v) is 4.25. The molecule has 1 aromatic carbocycles. The summed E-state index contributed by atoms with van der Waals surface area (Å²) in [6.07, 6.45) is 1.08. The van der Waals surface area contributed by atoms with Gasteiger partial charge in [-0.05, 0) is 29.5 Å².